The molecule has 6 rings (SSSR count). The number of carbonyl (C=O) groups is 1. The van der Waals surface area contributed by atoms with Crippen LogP contribution >= 0.6 is 23.2 Å². The Morgan fingerprint density at radius 2 is 1.73 bits per heavy atom. The number of amides is 1. The number of rotatable bonds is 13. The van der Waals surface area contributed by atoms with Gasteiger partial charge in [-0.2, -0.15) is 0 Å². The smallest absolute Gasteiger partial charge is 0.223 e. The van der Waals surface area contributed by atoms with Crippen molar-refractivity contribution in [3.63, 3.8) is 0 Å². The fourth-order valence-corrected chi connectivity index (χ4v) is 6.91. The average Bonchev–Trinajstić information content (AvgIpc) is 3.79. The maximum absolute atomic E-state index is 13.8. The van der Waals surface area contributed by atoms with Crippen LogP contribution in [0.15, 0.2) is 72.9 Å². The molecular weight excluding hydrogens is 645 g/mol. The van der Waals surface area contributed by atoms with Gasteiger partial charge in [0.15, 0.2) is 5.82 Å². The molecule has 0 unspecified atom stereocenters. The topological polar surface area (TPSA) is 111 Å². The first kappa shape index (κ1) is 33.7. The van der Waals surface area contributed by atoms with Crippen LogP contribution < -0.4 is 10.1 Å². The molecule has 250 valence electrons. The fraction of sp³-hybridized carbons (Fsp3) is 0.378. The van der Waals surface area contributed by atoms with Crippen LogP contribution in [0.25, 0.3) is 22.6 Å². The van der Waals surface area contributed by atoms with Crippen LogP contribution in [-0.4, -0.2) is 36.1 Å². The van der Waals surface area contributed by atoms with Crippen molar-refractivity contribution in [2.75, 3.05) is 0 Å². The number of hydrogen-bond donors (Lipinski definition) is 2. The van der Waals surface area contributed by atoms with E-state index < -0.39 is 0 Å². The first-order chi connectivity index (χ1) is 23.4. The number of H-pyrrole nitrogens is 1. The van der Waals surface area contributed by atoms with Gasteiger partial charge in [0.05, 0.1) is 16.8 Å². The van der Waals surface area contributed by atoms with E-state index in [1.807, 2.05) is 66.9 Å². The van der Waals surface area contributed by atoms with E-state index in [9.17, 15) is 4.79 Å². The zero-order valence-electron chi connectivity index (χ0n) is 27.3. The molecule has 1 aliphatic carbocycles. The number of aryl methyl sites for hydroxylation is 1. The van der Waals surface area contributed by atoms with E-state index >= 15 is 0 Å². The lowest BCUT2D eigenvalue weighted by Crippen LogP contribution is -2.37. The Kier molecular flexibility index (Phi) is 11.1. The van der Waals surface area contributed by atoms with Crippen molar-refractivity contribution in [1.82, 2.24) is 35.5 Å². The van der Waals surface area contributed by atoms with Gasteiger partial charge in [0.1, 0.15) is 17.3 Å². The molecule has 1 fully saturated rings. The summed E-state index contributed by atoms with van der Waals surface area (Å²) in [4.78, 5) is 18.9. The lowest BCUT2D eigenvalue weighted by Gasteiger charge is -2.29. The highest BCUT2D eigenvalue weighted by Crippen LogP contribution is 2.34. The second-order valence-corrected chi connectivity index (χ2v) is 13.4. The van der Waals surface area contributed by atoms with Gasteiger partial charge in [-0.25, -0.2) is 10.1 Å². The highest BCUT2D eigenvalue weighted by atomic mass is 35.5. The van der Waals surface area contributed by atoms with E-state index in [1.165, 1.54) is 6.42 Å². The van der Waals surface area contributed by atoms with Crippen LogP contribution in [0.5, 0.6) is 11.5 Å². The molecular formula is C37H41Cl2N7O2. The summed E-state index contributed by atoms with van der Waals surface area (Å²) in [5.41, 5.74) is 3.51. The average molecular weight is 687 g/mol. The third-order valence-electron chi connectivity index (χ3n) is 9.26. The Hall–Kier alpha value is -4.21. The molecule has 0 spiro atoms. The summed E-state index contributed by atoms with van der Waals surface area (Å²) in [6.07, 6.45) is 9.88. The van der Waals surface area contributed by atoms with Gasteiger partial charge in [0.2, 0.25) is 5.91 Å². The zero-order valence-corrected chi connectivity index (χ0v) is 28.8. The Labute approximate surface area is 291 Å². The molecule has 11 heteroatoms. The quantitative estimate of drug-likeness (QED) is 0.128. The fourth-order valence-electron chi connectivity index (χ4n) is 6.40. The number of nitrogens with zero attached hydrogens (tertiary/aromatic N) is 5. The molecule has 2 aromatic heterocycles. The van der Waals surface area contributed by atoms with E-state index in [4.69, 9.17) is 32.9 Å². The number of ether oxygens (including phenoxy) is 1. The zero-order chi connectivity index (χ0) is 33.5. The minimum Gasteiger partial charge on any atom is -0.457 e. The first-order valence-corrected chi connectivity index (χ1v) is 17.6. The van der Waals surface area contributed by atoms with E-state index in [1.54, 1.807) is 6.07 Å². The molecule has 9 nitrogen and oxygen atoms in total. The van der Waals surface area contributed by atoms with Crippen molar-refractivity contribution in [3.8, 4) is 34.1 Å². The SMILES string of the molecule is CCCCn1cc(-c2ccc(Cl)cc2Cl)nc1[C@H](Cc1ccc(Oc2ccc(-c3nnn[nH]3)cc2)cc1)NC(=O)[C@H]1CC[C@H](CC)CC1. The molecule has 2 N–H and O–H groups in total. The summed E-state index contributed by atoms with van der Waals surface area (Å²) in [5.74, 6) is 3.67. The van der Waals surface area contributed by atoms with Gasteiger partial charge in [0.25, 0.3) is 0 Å². The van der Waals surface area contributed by atoms with Crippen molar-refractivity contribution in [2.24, 2.45) is 11.8 Å². The van der Waals surface area contributed by atoms with Crippen LogP contribution in [0.2, 0.25) is 10.0 Å². The molecule has 1 atom stereocenters. The largest absolute Gasteiger partial charge is 0.457 e. The lowest BCUT2D eigenvalue weighted by atomic mass is 9.80. The van der Waals surface area contributed by atoms with Crippen LogP contribution in [0.4, 0.5) is 0 Å². The number of aromatic nitrogens is 6. The monoisotopic (exact) mass is 685 g/mol. The Bertz CT molecular complexity index is 1780. The summed E-state index contributed by atoms with van der Waals surface area (Å²) < 4.78 is 8.30. The minimum absolute atomic E-state index is 0.0157. The molecule has 0 radical (unpaired) electrons. The Balaban J connectivity index is 1.25. The third-order valence-corrected chi connectivity index (χ3v) is 9.81. The second-order valence-electron chi connectivity index (χ2n) is 12.6. The van der Waals surface area contributed by atoms with Crippen LogP contribution in [0, 0.1) is 11.8 Å². The molecule has 5 aromatic rings. The molecule has 1 amide bonds. The first-order valence-electron chi connectivity index (χ1n) is 16.8. The van der Waals surface area contributed by atoms with Crippen molar-refractivity contribution in [3.05, 3.63) is 94.4 Å². The number of tetrazole rings is 1. The molecule has 1 saturated carbocycles. The predicted octanol–water partition coefficient (Wildman–Crippen LogP) is 9.25. The summed E-state index contributed by atoms with van der Waals surface area (Å²) in [6.45, 7) is 5.20. The second kappa shape index (κ2) is 15.8. The van der Waals surface area contributed by atoms with Crippen LogP contribution in [-0.2, 0) is 17.8 Å². The Morgan fingerprint density at radius 3 is 2.38 bits per heavy atom. The van der Waals surface area contributed by atoms with E-state index in [-0.39, 0.29) is 17.9 Å². The van der Waals surface area contributed by atoms with Gasteiger partial charge < -0.3 is 14.6 Å². The van der Waals surface area contributed by atoms with Crippen molar-refractivity contribution in [1.29, 1.82) is 0 Å². The number of hydrogen-bond acceptors (Lipinski definition) is 6. The molecule has 2 heterocycles. The third kappa shape index (κ3) is 8.25. The maximum atomic E-state index is 13.8. The number of aromatic amines is 1. The standard InChI is InChI=1S/C37H41Cl2N7O2/c1-3-5-20-46-23-34(31-19-14-28(38)22-32(31)39)40-36(46)33(41-37(47)27-10-6-24(4-2)7-11-27)21-25-8-15-29(16-9-25)48-30-17-12-26(13-18-30)35-42-44-45-43-35/h8-9,12-19,22-24,27,33H,3-7,10-11,20-21H2,1-2H3,(H,41,47)(H,42,43,44,45)/t24-,27-,33-/m0/s1. The molecule has 0 aliphatic heterocycles. The highest BCUT2D eigenvalue weighted by Gasteiger charge is 2.29. The van der Waals surface area contributed by atoms with Gasteiger partial charge >= 0.3 is 0 Å². The number of nitrogens with one attached hydrogen (secondary N) is 2. The summed E-state index contributed by atoms with van der Waals surface area (Å²) in [6, 6.07) is 20.7. The number of halogens is 2. The molecule has 0 bridgehead atoms. The molecule has 0 saturated heterocycles. The van der Waals surface area contributed by atoms with E-state index in [0.29, 0.717) is 39.7 Å². The number of imidazole rings is 1. The van der Waals surface area contributed by atoms with Crippen LogP contribution in [0.3, 0.4) is 0 Å². The highest BCUT2D eigenvalue weighted by molar-refractivity contribution is 6.36. The predicted molar refractivity (Wildman–Crippen MR) is 189 cm³/mol. The summed E-state index contributed by atoms with van der Waals surface area (Å²) in [7, 11) is 0. The molecule has 48 heavy (non-hydrogen) atoms. The van der Waals surface area contributed by atoms with E-state index in [0.717, 1.165) is 73.3 Å². The van der Waals surface area contributed by atoms with Gasteiger partial charge in [0, 0.05) is 34.8 Å². The lowest BCUT2D eigenvalue weighted by molar-refractivity contribution is -0.127. The van der Waals surface area contributed by atoms with E-state index in [2.05, 4.69) is 44.4 Å². The van der Waals surface area contributed by atoms with Crippen molar-refractivity contribution in [2.45, 2.75) is 77.8 Å². The maximum Gasteiger partial charge on any atom is 0.223 e. The van der Waals surface area contributed by atoms with Crippen molar-refractivity contribution < 1.29 is 9.53 Å². The van der Waals surface area contributed by atoms with Crippen LogP contribution in [0.1, 0.15) is 76.2 Å². The summed E-state index contributed by atoms with van der Waals surface area (Å²) in [5, 5.41) is 18.5. The number of benzene rings is 3. The Morgan fingerprint density at radius 1 is 1.00 bits per heavy atom. The number of carbonyl (C=O) groups excluding carboxylic acids is 1. The van der Waals surface area contributed by atoms with Gasteiger partial charge in [-0.05, 0) is 115 Å². The van der Waals surface area contributed by atoms with Gasteiger partial charge in [-0.3, -0.25) is 4.79 Å². The minimum atomic E-state index is -0.331. The normalized spacial score (nSPS) is 16.8. The van der Waals surface area contributed by atoms with Crippen molar-refractivity contribution >= 4 is 29.1 Å². The summed E-state index contributed by atoms with van der Waals surface area (Å²) >= 11 is 12.8. The van der Waals surface area contributed by atoms with Gasteiger partial charge in [-0.15, -0.1) is 5.10 Å². The van der Waals surface area contributed by atoms with Gasteiger partial charge in [-0.1, -0.05) is 62.0 Å². The number of unbranched alkanes of at least 4 members (excludes halogenated alkanes) is 1. The molecule has 1 aliphatic rings. The molecule has 3 aromatic carbocycles.